The fourth-order valence-electron chi connectivity index (χ4n) is 4.45. The Balaban J connectivity index is 2.11. The Bertz CT molecular complexity index is 595. The minimum Gasteiger partial charge on any atom is -0.487 e. The van der Waals surface area contributed by atoms with Crippen molar-refractivity contribution in [1.29, 1.82) is 0 Å². The Hall–Kier alpha value is -1.13. The van der Waals surface area contributed by atoms with Gasteiger partial charge in [0, 0.05) is 18.4 Å². The monoisotopic (exact) mass is 305 g/mol. The number of ether oxygens (including phenoxy) is 1. The molecule has 0 N–H and O–H groups in total. The molecule has 2 heterocycles. The number of carbonyl (C=O) groups is 1. The smallest absolute Gasteiger partial charge is 0.167 e. The zero-order valence-corrected chi connectivity index (χ0v) is 14.7. The molecule has 3 rings (SSSR count). The third kappa shape index (κ3) is 2.08. The molecular formula is C18H27NO3. The van der Waals surface area contributed by atoms with E-state index in [1.54, 1.807) is 7.11 Å². The van der Waals surface area contributed by atoms with Gasteiger partial charge in [0.2, 0.25) is 0 Å². The van der Waals surface area contributed by atoms with Gasteiger partial charge in [-0.15, -0.1) is 0 Å². The second kappa shape index (κ2) is 4.45. The summed E-state index contributed by atoms with van der Waals surface area (Å²) < 4.78 is 6.28. The fraction of sp³-hybridized carbons (Fsp3) is 0.722. The van der Waals surface area contributed by atoms with Crippen LogP contribution in [0.4, 0.5) is 0 Å². The minimum absolute atomic E-state index is 0.0232. The van der Waals surface area contributed by atoms with Crippen LogP contribution in [0.1, 0.15) is 54.4 Å². The summed E-state index contributed by atoms with van der Waals surface area (Å²) in [7, 11) is 1.69. The highest BCUT2D eigenvalue weighted by Crippen LogP contribution is 2.51. The van der Waals surface area contributed by atoms with Crippen LogP contribution in [0, 0.1) is 5.41 Å². The minimum atomic E-state index is -0.343. The molecule has 1 atom stereocenters. The SMILES string of the molecule is CON1C(C)(C)C=C2C3=C(CC(C)(C)CC3=O)OC2C1(C)C. The molecule has 0 fully saturated rings. The summed E-state index contributed by atoms with van der Waals surface area (Å²) in [6.07, 6.45) is 3.41. The number of Topliss-reactive ketones (excluding diaryl/α,β-unsaturated/α-hetero) is 1. The topological polar surface area (TPSA) is 38.8 Å². The predicted molar refractivity (Wildman–Crippen MR) is 85.0 cm³/mol. The van der Waals surface area contributed by atoms with Crippen molar-refractivity contribution in [1.82, 2.24) is 5.06 Å². The molecule has 0 saturated carbocycles. The third-order valence-corrected chi connectivity index (χ3v) is 5.05. The van der Waals surface area contributed by atoms with Gasteiger partial charge in [0.1, 0.15) is 11.9 Å². The number of hydrogen-bond acceptors (Lipinski definition) is 4. The van der Waals surface area contributed by atoms with E-state index in [9.17, 15) is 4.79 Å². The zero-order chi connectivity index (χ0) is 16.5. The van der Waals surface area contributed by atoms with Crippen LogP contribution >= 0.6 is 0 Å². The van der Waals surface area contributed by atoms with Gasteiger partial charge in [0.25, 0.3) is 0 Å². The Labute approximate surface area is 133 Å². The van der Waals surface area contributed by atoms with Crippen molar-refractivity contribution in [2.45, 2.75) is 71.6 Å². The number of carbonyl (C=O) groups excluding carboxylic acids is 1. The normalized spacial score (nSPS) is 32.2. The van der Waals surface area contributed by atoms with Gasteiger partial charge in [-0.25, -0.2) is 0 Å². The molecule has 0 aromatic carbocycles. The van der Waals surface area contributed by atoms with Crippen molar-refractivity contribution in [3.05, 3.63) is 23.0 Å². The predicted octanol–water partition coefficient (Wildman–Crippen LogP) is 3.39. The summed E-state index contributed by atoms with van der Waals surface area (Å²) in [4.78, 5) is 18.4. The van der Waals surface area contributed by atoms with Crippen LogP contribution in [0.3, 0.4) is 0 Å². The van der Waals surface area contributed by atoms with Gasteiger partial charge in [-0.2, -0.15) is 5.06 Å². The molecule has 0 amide bonds. The highest BCUT2D eigenvalue weighted by atomic mass is 16.7. The Morgan fingerprint density at radius 3 is 2.41 bits per heavy atom. The maximum absolute atomic E-state index is 12.7. The lowest BCUT2D eigenvalue weighted by atomic mass is 9.72. The Kier molecular flexibility index (Phi) is 3.19. The molecule has 3 aliphatic rings. The van der Waals surface area contributed by atoms with Gasteiger partial charge in [-0.1, -0.05) is 19.9 Å². The lowest BCUT2D eigenvalue weighted by Crippen LogP contribution is -2.62. The van der Waals surface area contributed by atoms with Crippen molar-refractivity contribution in [2.24, 2.45) is 5.41 Å². The van der Waals surface area contributed by atoms with E-state index >= 15 is 0 Å². The average molecular weight is 305 g/mol. The zero-order valence-electron chi connectivity index (χ0n) is 14.7. The number of allylic oxidation sites excluding steroid dienone is 1. The molecular weight excluding hydrogens is 278 g/mol. The number of rotatable bonds is 1. The highest BCUT2D eigenvalue weighted by Gasteiger charge is 2.55. The van der Waals surface area contributed by atoms with Gasteiger partial charge in [-0.05, 0) is 33.1 Å². The van der Waals surface area contributed by atoms with Crippen LogP contribution in [0.25, 0.3) is 0 Å². The highest BCUT2D eigenvalue weighted by molar-refractivity contribution is 6.02. The van der Waals surface area contributed by atoms with E-state index in [-0.39, 0.29) is 28.4 Å². The fourth-order valence-corrected chi connectivity index (χ4v) is 4.45. The first-order valence-electron chi connectivity index (χ1n) is 8.00. The van der Waals surface area contributed by atoms with Crippen LogP contribution in [-0.4, -0.2) is 35.1 Å². The van der Waals surface area contributed by atoms with Crippen LogP contribution in [0.2, 0.25) is 0 Å². The molecule has 0 saturated heterocycles. The van der Waals surface area contributed by atoms with E-state index in [1.165, 1.54) is 0 Å². The number of fused-ring (bicyclic) bond motifs is 2. The second-order valence-electron chi connectivity index (χ2n) is 8.62. The van der Waals surface area contributed by atoms with Gasteiger partial charge < -0.3 is 9.57 Å². The number of ketones is 1. The second-order valence-corrected chi connectivity index (χ2v) is 8.62. The maximum atomic E-state index is 12.7. The lowest BCUT2D eigenvalue weighted by Gasteiger charge is -2.51. The van der Waals surface area contributed by atoms with E-state index < -0.39 is 0 Å². The first kappa shape index (κ1) is 15.8. The van der Waals surface area contributed by atoms with Gasteiger partial charge >= 0.3 is 0 Å². The van der Waals surface area contributed by atoms with Crippen LogP contribution in [-0.2, 0) is 14.4 Å². The van der Waals surface area contributed by atoms with E-state index in [2.05, 4.69) is 47.6 Å². The molecule has 122 valence electrons. The Morgan fingerprint density at radius 1 is 1.18 bits per heavy atom. The summed E-state index contributed by atoms with van der Waals surface area (Å²) >= 11 is 0. The molecule has 0 aromatic rings. The van der Waals surface area contributed by atoms with Crippen molar-refractivity contribution in [3.8, 4) is 0 Å². The summed E-state index contributed by atoms with van der Waals surface area (Å²) in [5.41, 5.74) is 1.23. The van der Waals surface area contributed by atoms with Gasteiger partial charge in [-0.3, -0.25) is 4.79 Å². The van der Waals surface area contributed by atoms with E-state index in [1.807, 2.05) is 5.06 Å². The van der Waals surface area contributed by atoms with Crippen molar-refractivity contribution in [3.63, 3.8) is 0 Å². The third-order valence-electron chi connectivity index (χ3n) is 5.05. The summed E-state index contributed by atoms with van der Waals surface area (Å²) in [6.45, 7) is 12.7. The van der Waals surface area contributed by atoms with E-state index in [4.69, 9.17) is 9.57 Å². The molecule has 4 nitrogen and oxygen atoms in total. The summed E-state index contributed by atoms with van der Waals surface area (Å²) in [5.74, 6) is 1.09. The molecule has 0 bridgehead atoms. The van der Waals surface area contributed by atoms with Gasteiger partial charge in [0.15, 0.2) is 5.78 Å². The van der Waals surface area contributed by atoms with Crippen LogP contribution < -0.4 is 0 Å². The molecule has 22 heavy (non-hydrogen) atoms. The number of hydroxylamine groups is 2. The first-order chi connectivity index (χ1) is 9.99. The summed E-state index contributed by atoms with van der Waals surface area (Å²) in [6, 6.07) is 0. The quantitative estimate of drug-likeness (QED) is 0.744. The average Bonchev–Trinajstić information content (AvgIpc) is 2.65. The van der Waals surface area contributed by atoms with Crippen molar-refractivity contribution in [2.75, 3.05) is 7.11 Å². The van der Waals surface area contributed by atoms with Crippen molar-refractivity contribution < 1.29 is 14.4 Å². The summed E-state index contributed by atoms with van der Waals surface area (Å²) in [5, 5.41) is 1.97. The lowest BCUT2D eigenvalue weighted by molar-refractivity contribution is -0.258. The van der Waals surface area contributed by atoms with Crippen molar-refractivity contribution >= 4 is 5.78 Å². The molecule has 1 aliphatic carbocycles. The van der Waals surface area contributed by atoms with E-state index in [0.717, 1.165) is 23.3 Å². The number of nitrogens with zero attached hydrogens (tertiary/aromatic N) is 1. The molecule has 0 aromatic heterocycles. The van der Waals surface area contributed by atoms with Crippen LogP contribution in [0.15, 0.2) is 23.0 Å². The number of hydrogen-bond donors (Lipinski definition) is 0. The Morgan fingerprint density at radius 2 is 1.82 bits per heavy atom. The molecule has 4 heteroatoms. The molecule has 0 radical (unpaired) electrons. The maximum Gasteiger partial charge on any atom is 0.167 e. The largest absolute Gasteiger partial charge is 0.487 e. The molecule has 2 aliphatic heterocycles. The standard InChI is InChI=1S/C18H27NO3/c1-16(2)9-12(20)14-11-8-17(3,4)19(21-7)18(5,6)15(11)22-13(14)10-16/h8,15H,9-10H2,1-7H3. The van der Waals surface area contributed by atoms with Gasteiger partial charge in [0.05, 0.1) is 23.8 Å². The molecule has 1 unspecified atom stereocenters. The van der Waals surface area contributed by atoms with E-state index in [0.29, 0.717) is 6.42 Å². The van der Waals surface area contributed by atoms with Crippen LogP contribution in [0.5, 0.6) is 0 Å². The molecule has 0 spiro atoms. The first-order valence-corrected chi connectivity index (χ1v) is 8.00.